The van der Waals surface area contributed by atoms with Crippen molar-refractivity contribution in [2.24, 2.45) is 5.73 Å². The molecular weight excluding hydrogens is 334 g/mol. The van der Waals surface area contributed by atoms with Crippen molar-refractivity contribution in [1.82, 2.24) is 0 Å². The number of sulfone groups is 1. The summed E-state index contributed by atoms with van der Waals surface area (Å²) in [6, 6.07) is 13.6. The number of aryl methyl sites for hydroxylation is 1. The lowest BCUT2D eigenvalue weighted by molar-refractivity contribution is 0.253. The standard InChI is InChI=1S/C17H18ClNO3S/c1-11-2-4-12(5-3-11)15-16(17(15,19)10-20)23(21,22)14-8-6-13(18)7-9-14/h2-9,15-16,20H,10,19H2,1H3/t15-,16+,17-/m1/s1. The molecule has 122 valence electrons. The van der Waals surface area contributed by atoms with Gasteiger partial charge in [-0.25, -0.2) is 8.42 Å². The average molecular weight is 352 g/mol. The Bertz CT molecular complexity index is 818. The zero-order valence-electron chi connectivity index (χ0n) is 12.6. The van der Waals surface area contributed by atoms with E-state index in [0.717, 1.165) is 11.1 Å². The summed E-state index contributed by atoms with van der Waals surface area (Å²) in [4.78, 5) is 0.171. The predicted molar refractivity (Wildman–Crippen MR) is 90.4 cm³/mol. The van der Waals surface area contributed by atoms with E-state index >= 15 is 0 Å². The molecule has 0 amide bonds. The molecule has 1 aliphatic carbocycles. The van der Waals surface area contributed by atoms with Gasteiger partial charge in [-0.05, 0) is 36.8 Å². The van der Waals surface area contributed by atoms with Gasteiger partial charge < -0.3 is 10.8 Å². The Morgan fingerprint density at radius 3 is 2.22 bits per heavy atom. The molecule has 1 saturated carbocycles. The molecule has 0 bridgehead atoms. The molecule has 0 saturated heterocycles. The van der Waals surface area contributed by atoms with E-state index in [1.807, 2.05) is 31.2 Å². The smallest absolute Gasteiger partial charge is 0.183 e. The number of benzene rings is 2. The highest BCUT2D eigenvalue weighted by Crippen LogP contribution is 2.55. The molecule has 3 N–H and O–H groups in total. The highest BCUT2D eigenvalue weighted by atomic mass is 35.5. The van der Waals surface area contributed by atoms with Crippen LogP contribution in [0.3, 0.4) is 0 Å². The first-order valence-electron chi connectivity index (χ1n) is 7.26. The zero-order valence-corrected chi connectivity index (χ0v) is 14.2. The molecule has 4 nitrogen and oxygen atoms in total. The Labute approximate surface area is 140 Å². The molecule has 1 fully saturated rings. The maximum atomic E-state index is 12.9. The number of halogens is 1. The van der Waals surface area contributed by atoms with Crippen molar-refractivity contribution in [1.29, 1.82) is 0 Å². The van der Waals surface area contributed by atoms with Crippen LogP contribution in [-0.4, -0.2) is 30.9 Å². The van der Waals surface area contributed by atoms with Crippen LogP contribution in [-0.2, 0) is 9.84 Å². The summed E-state index contributed by atoms with van der Waals surface area (Å²) in [6.45, 7) is 1.57. The lowest BCUT2D eigenvalue weighted by atomic mass is 10.1. The second kappa shape index (κ2) is 5.60. The largest absolute Gasteiger partial charge is 0.394 e. The summed E-state index contributed by atoms with van der Waals surface area (Å²) in [6.07, 6.45) is 0. The number of nitrogens with two attached hydrogens (primary N) is 1. The Kier molecular flexibility index (Phi) is 4.01. The van der Waals surface area contributed by atoms with Crippen LogP contribution in [0, 0.1) is 6.92 Å². The lowest BCUT2D eigenvalue weighted by Crippen LogP contribution is -2.35. The first kappa shape index (κ1) is 16.5. The molecule has 1 aliphatic rings. The van der Waals surface area contributed by atoms with Crippen LogP contribution < -0.4 is 5.73 Å². The molecule has 2 aromatic carbocycles. The van der Waals surface area contributed by atoms with Crippen molar-refractivity contribution in [2.45, 2.75) is 28.5 Å². The van der Waals surface area contributed by atoms with E-state index in [1.54, 1.807) is 0 Å². The minimum absolute atomic E-state index is 0.171. The number of hydrogen-bond acceptors (Lipinski definition) is 4. The fourth-order valence-electron chi connectivity index (χ4n) is 3.11. The second-order valence-electron chi connectivity index (χ2n) is 6.08. The molecular formula is C17H18ClNO3S. The van der Waals surface area contributed by atoms with Gasteiger partial charge in [0.2, 0.25) is 0 Å². The Balaban J connectivity index is 2.01. The van der Waals surface area contributed by atoms with Gasteiger partial charge >= 0.3 is 0 Å². The van der Waals surface area contributed by atoms with Crippen molar-refractivity contribution in [3.8, 4) is 0 Å². The summed E-state index contributed by atoms with van der Waals surface area (Å²) in [5.74, 6) is -0.422. The van der Waals surface area contributed by atoms with Gasteiger partial charge in [0.15, 0.2) is 9.84 Å². The van der Waals surface area contributed by atoms with Crippen LogP contribution in [0.4, 0.5) is 0 Å². The highest BCUT2D eigenvalue weighted by molar-refractivity contribution is 7.92. The van der Waals surface area contributed by atoms with Gasteiger partial charge in [0, 0.05) is 10.9 Å². The van der Waals surface area contributed by atoms with E-state index < -0.39 is 26.5 Å². The van der Waals surface area contributed by atoms with E-state index in [0.29, 0.717) is 5.02 Å². The second-order valence-corrected chi connectivity index (χ2v) is 8.58. The predicted octanol–water partition coefficient (Wildman–Crippen LogP) is 2.28. The SMILES string of the molecule is Cc1ccc([C@@H]2[C@H](S(=O)(=O)c3ccc(Cl)cc3)[C@@]2(N)CO)cc1. The van der Waals surface area contributed by atoms with E-state index in [-0.39, 0.29) is 11.5 Å². The van der Waals surface area contributed by atoms with Gasteiger partial charge in [-0.15, -0.1) is 0 Å². The minimum Gasteiger partial charge on any atom is -0.394 e. The maximum Gasteiger partial charge on any atom is 0.183 e. The van der Waals surface area contributed by atoms with Crippen molar-refractivity contribution >= 4 is 21.4 Å². The molecule has 0 unspecified atom stereocenters. The fraction of sp³-hybridized carbons (Fsp3) is 0.294. The normalized spacial score (nSPS) is 27.0. The first-order chi connectivity index (χ1) is 10.8. The van der Waals surface area contributed by atoms with Crippen LogP contribution in [0.15, 0.2) is 53.4 Å². The van der Waals surface area contributed by atoms with Crippen LogP contribution in [0.2, 0.25) is 5.02 Å². The quantitative estimate of drug-likeness (QED) is 0.885. The summed E-state index contributed by atoms with van der Waals surface area (Å²) in [5.41, 5.74) is 6.95. The van der Waals surface area contributed by atoms with Gasteiger partial charge in [0.1, 0.15) is 0 Å². The van der Waals surface area contributed by atoms with Crippen molar-refractivity contribution in [2.75, 3.05) is 6.61 Å². The fourth-order valence-corrected chi connectivity index (χ4v) is 5.53. The third-order valence-corrected chi connectivity index (χ3v) is 7.05. The van der Waals surface area contributed by atoms with Crippen LogP contribution in [0.1, 0.15) is 17.0 Å². The van der Waals surface area contributed by atoms with E-state index in [2.05, 4.69) is 0 Å². The van der Waals surface area contributed by atoms with Gasteiger partial charge in [0.25, 0.3) is 0 Å². The Morgan fingerprint density at radius 1 is 1.13 bits per heavy atom. The van der Waals surface area contributed by atoms with Crippen LogP contribution >= 0.6 is 11.6 Å². The van der Waals surface area contributed by atoms with Crippen LogP contribution in [0.5, 0.6) is 0 Å². The topological polar surface area (TPSA) is 80.4 Å². The highest BCUT2D eigenvalue weighted by Gasteiger charge is 2.69. The van der Waals surface area contributed by atoms with Gasteiger partial charge in [-0.3, -0.25) is 0 Å². The number of aliphatic hydroxyl groups excluding tert-OH is 1. The summed E-state index contributed by atoms with van der Waals surface area (Å²) < 4.78 is 25.8. The molecule has 3 atom stereocenters. The molecule has 6 heteroatoms. The maximum absolute atomic E-state index is 12.9. The van der Waals surface area contributed by atoms with E-state index in [9.17, 15) is 13.5 Å². The summed E-state index contributed by atoms with van der Waals surface area (Å²) in [7, 11) is -3.65. The van der Waals surface area contributed by atoms with Crippen LogP contribution in [0.25, 0.3) is 0 Å². The lowest BCUT2D eigenvalue weighted by Gasteiger charge is -2.08. The number of hydrogen-bond donors (Lipinski definition) is 2. The Morgan fingerprint density at radius 2 is 1.70 bits per heavy atom. The molecule has 0 heterocycles. The molecule has 0 spiro atoms. The van der Waals surface area contributed by atoms with Crippen molar-refractivity contribution in [3.05, 3.63) is 64.7 Å². The molecule has 0 aromatic heterocycles. The molecule has 3 rings (SSSR count). The van der Waals surface area contributed by atoms with Crippen molar-refractivity contribution in [3.63, 3.8) is 0 Å². The summed E-state index contributed by atoms with van der Waals surface area (Å²) >= 11 is 5.82. The zero-order chi connectivity index (χ0) is 16.8. The number of aliphatic hydroxyl groups is 1. The first-order valence-corrected chi connectivity index (χ1v) is 9.19. The van der Waals surface area contributed by atoms with Gasteiger partial charge in [-0.2, -0.15) is 0 Å². The third kappa shape index (κ3) is 2.68. The van der Waals surface area contributed by atoms with E-state index in [4.69, 9.17) is 17.3 Å². The molecule has 0 radical (unpaired) electrons. The van der Waals surface area contributed by atoms with Gasteiger partial charge in [0.05, 0.1) is 22.3 Å². The van der Waals surface area contributed by atoms with Crippen molar-refractivity contribution < 1.29 is 13.5 Å². The Hall–Kier alpha value is -1.40. The third-order valence-electron chi connectivity index (χ3n) is 4.49. The minimum atomic E-state index is -3.65. The van der Waals surface area contributed by atoms with E-state index in [1.165, 1.54) is 24.3 Å². The van der Waals surface area contributed by atoms with Gasteiger partial charge in [-0.1, -0.05) is 41.4 Å². The number of rotatable bonds is 4. The molecule has 23 heavy (non-hydrogen) atoms. The molecule has 2 aromatic rings. The summed E-state index contributed by atoms with van der Waals surface area (Å²) in [5, 5.41) is 9.29. The monoisotopic (exact) mass is 351 g/mol. The molecule has 0 aliphatic heterocycles. The average Bonchev–Trinajstić information content (AvgIpc) is 3.16.